The minimum Gasteiger partial charge on any atom is -0.0995 e. The van der Waals surface area contributed by atoms with Gasteiger partial charge in [-0.1, -0.05) is 86.2 Å². The standard InChI is InChI=1S/C30H34/c1-5-24-17-27-19-29(20-28(27)18-25(24)6-2)30-9-7-8-26(30)16-22(4)12-15-23-13-10-21(3)11-14-23/h8-11,13-14,17-19H,4-7,12,15-16,20H2,1-3H3. The van der Waals surface area contributed by atoms with Crippen LogP contribution in [0.4, 0.5) is 0 Å². The van der Waals surface area contributed by atoms with Gasteiger partial charge >= 0.3 is 0 Å². The maximum absolute atomic E-state index is 4.41. The highest BCUT2D eigenvalue weighted by molar-refractivity contribution is 5.73. The summed E-state index contributed by atoms with van der Waals surface area (Å²) < 4.78 is 0. The van der Waals surface area contributed by atoms with Crippen molar-refractivity contribution in [2.24, 2.45) is 0 Å². The molecule has 2 aromatic rings. The van der Waals surface area contributed by atoms with E-state index in [1.807, 2.05) is 0 Å². The Hall–Kier alpha value is -2.60. The van der Waals surface area contributed by atoms with Crippen molar-refractivity contribution in [1.82, 2.24) is 0 Å². The van der Waals surface area contributed by atoms with Gasteiger partial charge in [0, 0.05) is 0 Å². The van der Waals surface area contributed by atoms with Crippen molar-refractivity contribution in [2.75, 3.05) is 0 Å². The van der Waals surface area contributed by atoms with E-state index in [2.05, 4.69) is 82.0 Å². The van der Waals surface area contributed by atoms with Crippen LogP contribution in [0.5, 0.6) is 0 Å². The quantitative estimate of drug-likeness (QED) is 0.399. The zero-order chi connectivity index (χ0) is 21.1. The molecule has 154 valence electrons. The molecule has 0 saturated carbocycles. The molecule has 0 radical (unpaired) electrons. The average molecular weight is 395 g/mol. The fourth-order valence-corrected chi connectivity index (χ4v) is 4.82. The second-order valence-corrected chi connectivity index (χ2v) is 8.87. The van der Waals surface area contributed by atoms with Gasteiger partial charge in [-0.2, -0.15) is 0 Å². The van der Waals surface area contributed by atoms with Gasteiger partial charge in [-0.05, 0) is 96.4 Å². The van der Waals surface area contributed by atoms with E-state index in [1.54, 1.807) is 0 Å². The summed E-state index contributed by atoms with van der Waals surface area (Å²) in [7, 11) is 0. The van der Waals surface area contributed by atoms with Crippen LogP contribution in [0, 0.1) is 6.92 Å². The Bertz CT molecular complexity index is 1040. The smallest absolute Gasteiger partial charge is 0.00136 e. The lowest BCUT2D eigenvalue weighted by molar-refractivity contribution is 0.901. The third-order valence-electron chi connectivity index (χ3n) is 6.64. The lowest BCUT2D eigenvalue weighted by atomic mass is 9.92. The number of benzene rings is 2. The van der Waals surface area contributed by atoms with Crippen molar-refractivity contribution in [3.05, 3.63) is 111 Å². The second-order valence-electron chi connectivity index (χ2n) is 8.87. The van der Waals surface area contributed by atoms with Crippen molar-refractivity contribution in [2.45, 2.75) is 65.7 Å². The monoisotopic (exact) mass is 394 g/mol. The van der Waals surface area contributed by atoms with Crippen molar-refractivity contribution in [1.29, 1.82) is 0 Å². The Kier molecular flexibility index (Phi) is 6.23. The first-order chi connectivity index (χ1) is 14.6. The highest BCUT2D eigenvalue weighted by Crippen LogP contribution is 2.38. The SMILES string of the molecule is C=C(CCc1ccc(C)cc1)CC1=CCC=C1C1=Cc2cc(CC)c(CC)cc2C1. The first-order valence-corrected chi connectivity index (χ1v) is 11.5. The van der Waals surface area contributed by atoms with Gasteiger partial charge in [0.2, 0.25) is 0 Å². The predicted molar refractivity (Wildman–Crippen MR) is 131 cm³/mol. The number of rotatable bonds is 8. The van der Waals surface area contributed by atoms with Crippen LogP contribution in [-0.2, 0) is 25.7 Å². The van der Waals surface area contributed by atoms with Gasteiger partial charge in [0.05, 0.1) is 0 Å². The fourth-order valence-electron chi connectivity index (χ4n) is 4.82. The van der Waals surface area contributed by atoms with Crippen LogP contribution in [0.15, 0.2) is 77.4 Å². The maximum Gasteiger partial charge on any atom is -0.00136 e. The fraction of sp³-hybridized carbons (Fsp3) is 0.333. The molecule has 0 nitrogen and oxygen atoms in total. The molecular weight excluding hydrogens is 360 g/mol. The molecule has 2 aliphatic rings. The number of hydrogen-bond acceptors (Lipinski definition) is 0. The second kappa shape index (κ2) is 9.04. The third kappa shape index (κ3) is 4.43. The first kappa shape index (κ1) is 20.7. The number of aryl methyl sites for hydroxylation is 4. The molecule has 2 aliphatic carbocycles. The molecule has 0 heterocycles. The third-order valence-corrected chi connectivity index (χ3v) is 6.64. The van der Waals surface area contributed by atoms with Gasteiger partial charge in [0.25, 0.3) is 0 Å². The number of hydrogen-bond donors (Lipinski definition) is 0. The van der Waals surface area contributed by atoms with Crippen molar-refractivity contribution in [3.8, 4) is 0 Å². The van der Waals surface area contributed by atoms with Gasteiger partial charge in [-0.15, -0.1) is 0 Å². The van der Waals surface area contributed by atoms with Crippen molar-refractivity contribution >= 4 is 6.08 Å². The molecule has 0 heteroatoms. The number of fused-ring (bicyclic) bond motifs is 1. The summed E-state index contributed by atoms with van der Waals surface area (Å²) in [5.74, 6) is 0. The molecule has 0 aliphatic heterocycles. The molecule has 0 spiro atoms. The molecule has 0 amide bonds. The summed E-state index contributed by atoms with van der Waals surface area (Å²) in [6.45, 7) is 11.1. The van der Waals surface area contributed by atoms with Crippen molar-refractivity contribution in [3.63, 3.8) is 0 Å². The van der Waals surface area contributed by atoms with Crippen LogP contribution in [0.2, 0.25) is 0 Å². The lowest BCUT2D eigenvalue weighted by Crippen LogP contribution is -1.97. The van der Waals surface area contributed by atoms with E-state index < -0.39 is 0 Å². The summed E-state index contributed by atoms with van der Waals surface area (Å²) in [6, 6.07) is 13.8. The zero-order valence-electron chi connectivity index (χ0n) is 18.9. The van der Waals surface area contributed by atoms with Crippen LogP contribution in [0.3, 0.4) is 0 Å². The first-order valence-electron chi connectivity index (χ1n) is 11.5. The van der Waals surface area contributed by atoms with E-state index in [0.29, 0.717) is 0 Å². The Balaban J connectivity index is 1.41. The molecule has 0 atom stereocenters. The Morgan fingerprint density at radius 1 is 0.967 bits per heavy atom. The highest BCUT2D eigenvalue weighted by Gasteiger charge is 2.21. The van der Waals surface area contributed by atoms with Gasteiger partial charge < -0.3 is 0 Å². The van der Waals surface area contributed by atoms with E-state index in [9.17, 15) is 0 Å². The molecule has 0 saturated heterocycles. The lowest BCUT2D eigenvalue weighted by Gasteiger charge is -2.13. The van der Waals surface area contributed by atoms with Gasteiger partial charge in [-0.3, -0.25) is 0 Å². The molecule has 0 unspecified atom stereocenters. The molecule has 2 aromatic carbocycles. The molecule has 0 bridgehead atoms. The average Bonchev–Trinajstić information content (AvgIpc) is 3.38. The highest BCUT2D eigenvalue weighted by atomic mass is 14.3. The van der Waals surface area contributed by atoms with Crippen LogP contribution in [0.1, 0.15) is 66.5 Å². The normalized spacial score (nSPS) is 15.0. The van der Waals surface area contributed by atoms with Crippen molar-refractivity contribution < 1.29 is 0 Å². The summed E-state index contributed by atoms with van der Waals surface area (Å²) in [5, 5.41) is 0. The number of allylic oxidation sites excluding steroid dienone is 6. The Labute approximate surface area is 182 Å². The Morgan fingerprint density at radius 3 is 2.43 bits per heavy atom. The van der Waals surface area contributed by atoms with E-state index in [1.165, 1.54) is 55.7 Å². The van der Waals surface area contributed by atoms with Crippen LogP contribution < -0.4 is 0 Å². The van der Waals surface area contributed by atoms with E-state index in [4.69, 9.17) is 0 Å². The molecule has 4 rings (SSSR count). The molecule has 30 heavy (non-hydrogen) atoms. The minimum absolute atomic E-state index is 1.01. The summed E-state index contributed by atoms with van der Waals surface area (Å²) in [6.07, 6.45) is 14.8. The zero-order valence-corrected chi connectivity index (χ0v) is 18.9. The molecule has 0 fully saturated rings. The van der Waals surface area contributed by atoms with E-state index >= 15 is 0 Å². The van der Waals surface area contributed by atoms with E-state index in [0.717, 1.165) is 44.9 Å². The van der Waals surface area contributed by atoms with Gasteiger partial charge in [-0.25, -0.2) is 0 Å². The van der Waals surface area contributed by atoms with E-state index in [-0.39, 0.29) is 0 Å². The molecule has 0 N–H and O–H groups in total. The van der Waals surface area contributed by atoms with Crippen LogP contribution in [-0.4, -0.2) is 0 Å². The molecular formula is C30H34. The maximum atomic E-state index is 4.41. The van der Waals surface area contributed by atoms with Crippen LogP contribution >= 0.6 is 0 Å². The largest absolute Gasteiger partial charge is 0.0995 e. The minimum atomic E-state index is 1.01. The molecule has 0 aromatic heterocycles. The summed E-state index contributed by atoms with van der Waals surface area (Å²) in [5.41, 5.74) is 14.5. The van der Waals surface area contributed by atoms with Crippen LogP contribution in [0.25, 0.3) is 6.08 Å². The summed E-state index contributed by atoms with van der Waals surface area (Å²) >= 11 is 0. The predicted octanol–water partition coefficient (Wildman–Crippen LogP) is 7.89. The van der Waals surface area contributed by atoms with Gasteiger partial charge in [0.15, 0.2) is 0 Å². The summed E-state index contributed by atoms with van der Waals surface area (Å²) in [4.78, 5) is 0. The van der Waals surface area contributed by atoms with Gasteiger partial charge in [0.1, 0.15) is 0 Å². The topological polar surface area (TPSA) is 0 Å². The Morgan fingerprint density at radius 2 is 1.70 bits per heavy atom.